The zero-order valence-corrected chi connectivity index (χ0v) is 18.0. The van der Waals surface area contributed by atoms with E-state index in [1.807, 2.05) is 12.1 Å². The van der Waals surface area contributed by atoms with E-state index in [9.17, 15) is 8.42 Å². The Morgan fingerprint density at radius 2 is 1.96 bits per heavy atom. The molecule has 0 amide bonds. The number of aromatic nitrogens is 1. The van der Waals surface area contributed by atoms with Gasteiger partial charge in [-0.05, 0) is 50.5 Å². The molecule has 2 heterocycles. The number of benzene rings is 1. The van der Waals surface area contributed by atoms with Gasteiger partial charge in [-0.25, -0.2) is 8.42 Å². The minimum atomic E-state index is -2.89. The Kier molecular flexibility index (Phi) is 5.89. The number of nitrogens with one attached hydrogen (secondary N) is 1. The van der Waals surface area contributed by atoms with E-state index in [4.69, 9.17) is 4.98 Å². The fourth-order valence-electron chi connectivity index (χ4n) is 3.44. The van der Waals surface area contributed by atoms with Crippen molar-refractivity contribution in [1.29, 1.82) is 0 Å². The van der Waals surface area contributed by atoms with Gasteiger partial charge in [-0.2, -0.15) is 0 Å². The smallest absolute Gasteiger partial charge is 0.148 e. The molecule has 1 aliphatic heterocycles. The van der Waals surface area contributed by atoms with Crippen molar-refractivity contribution in [2.45, 2.75) is 32.7 Å². The van der Waals surface area contributed by atoms with Crippen LogP contribution in [-0.2, 0) is 9.84 Å². The number of sulfone groups is 1. The number of fused-ring (bicyclic) bond motifs is 1. The Hall–Kier alpha value is -1.18. The highest BCUT2D eigenvalue weighted by Gasteiger charge is 2.21. The maximum atomic E-state index is 11.4. The number of hydrogen-bond acceptors (Lipinski definition) is 5. The van der Waals surface area contributed by atoms with E-state index < -0.39 is 9.84 Å². The summed E-state index contributed by atoms with van der Waals surface area (Å²) in [4.78, 5) is 6.95. The van der Waals surface area contributed by atoms with E-state index >= 15 is 0 Å². The van der Waals surface area contributed by atoms with E-state index in [0.29, 0.717) is 12.6 Å². The van der Waals surface area contributed by atoms with Crippen LogP contribution in [0.1, 0.15) is 24.1 Å². The highest BCUT2D eigenvalue weighted by atomic mass is 79.9. The lowest BCUT2D eigenvalue weighted by molar-refractivity contribution is 0.230. The Bertz CT molecular complexity index is 907. The maximum Gasteiger partial charge on any atom is 0.148 e. The number of anilines is 1. The summed E-state index contributed by atoms with van der Waals surface area (Å²) in [6, 6.07) is 6.59. The zero-order valence-electron chi connectivity index (χ0n) is 15.5. The van der Waals surface area contributed by atoms with Crippen molar-refractivity contribution < 1.29 is 8.42 Å². The van der Waals surface area contributed by atoms with Gasteiger partial charge in [0.25, 0.3) is 0 Å². The second kappa shape index (κ2) is 7.82. The van der Waals surface area contributed by atoms with Crippen LogP contribution in [0.15, 0.2) is 22.7 Å². The first-order valence-electron chi connectivity index (χ1n) is 8.96. The molecule has 0 unspecified atom stereocenters. The van der Waals surface area contributed by atoms with Crippen molar-refractivity contribution in [3.8, 4) is 0 Å². The number of nitrogens with zero attached hydrogens (tertiary/aromatic N) is 2. The Balaban J connectivity index is 1.72. The summed E-state index contributed by atoms with van der Waals surface area (Å²) in [6.07, 6.45) is 3.33. The molecule has 1 aliphatic rings. The Morgan fingerprint density at radius 1 is 1.27 bits per heavy atom. The molecule has 142 valence electrons. The second-order valence-electron chi connectivity index (χ2n) is 7.25. The lowest BCUT2D eigenvalue weighted by atomic mass is 10.0. The van der Waals surface area contributed by atoms with Gasteiger partial charge in [0.2, 0.25) is 0 Å². The molecule has 26 heavy (non-hydrogen) atoms. The van der Waals surface area contributed by atoms with E-state index in [0.717, 1.165) is 47.0 Å². The molecule has 1 saturated heterocycles. The van der Waals surface area contributed by atoms with E-state index in [-0.39, 0.29) is 5.75 Å². The first-order valence-corrected chi connectivity index (χ1v) is 11.8. The SMILES string of the molecule is Cc1nc2ccc(Br)cc2c(NC2CCN(CCS(C)(=O)=O)CC2)c1C. The van der Waals surface area contributed by atoms with Crippen molar-refractivity contribution in [2.75, 3.05) is 37.0 Å². The first-order chi connectivity index (χ1) is 12.2. The molecular formula is C19H26BrN3O2S. The molecule has 7 heteroatoms. The van der Waals surface area contributed by atoms with Gasteiger partial charge in [-0.1, -0.05) is 15.9 Å². The van der Waals surface area contributed by atoms with Crippen molar-refractivity contribution >= 4 is 42.4 Å². The number of aryl methyl sites for hydroxylation is 1. The Labute approximate surface area is 164 Å². The van der Waals surface area contributed by atoms with Gasteiger partial charge in [0, 0.05) is 53.2 Å². The van der Waals surface area contributed by atoms with Gasteiger partial charge >= 0.3 is 0 Å². The molecule has 0 aliphatic carbocycles. The van der Waals surface area contributed by atoms with Crippen molar-refractivity contribution in [3.05, 3.63) is 33.9 Å². The predicted octanol–water partition coefficient (Wildman–Crippen LogP) is 3.54. The van der Waals surface area contributed by atoms with Gasteiger partial charge in [0.05, 0.1) is 11.3 Å². The van der Waals surface area contributed by atoms with Crippen LogP contribution in [0.25, 0.3) is 10.9 Å². The summed E-state index contributed by atoms with van der Waals surface area (Å²) < 4.78 is 23.8. The third kappa shape index (κ3) is 4.75. The lowest BCUT2D eigenvalue weighted by Crippen LogP contribution is -2.41. The van der Waals surface area contributed by atoms with Crippen molar-refractivity contribution in [2.24, 2.45) is 0 Å². The average molecular weight is 440 g/mol. The predicted molar refractivity (Wildman–Crippen MR) is 112 cm³/mol. The van der Waals surface area contributed by atoms with Gasteiger partial charge < -0.3 is 10.2 Å². The van der Waals surface area contributed by atoms with Crippen molar-refractivity contribution in [3.63, 3.8) is 0 Å². The van der Waals surface area contributed by atoms with Crippen LogP contribution in [0, 0.1) is 13.8 Å². The van der Waals surface area contributed by atoms with Crippen LogP contribution >= 0.6 is 15.9 Å². The highest BCUT2D eigenvalue weighted by Crippen LogP contribution is 2.31. The summed E-state index contributed by atoms with van der Waals surface area (Å²) in [5.74, 6) is 0.242. The fraction of sp³-hybridized carbons (Fsp3) is 0.526. The molecule has 1 aromatic heterocycles. The summed E-state index contributed by atoms with van der Waals surface area (Å²) in [5, 5.41) is 4.89. The third-order valence-electron chi connectivity index (χ3n) is 5.15. The van der Waals surface area contributed by atoms with Crippen molar-refractivity contribution in [1.82, 2.24) is 9.88 Å². The van der Waals surface area contributed by atoms with E-state index in [2.05, 4.69) is 46.1 Å². The molecule has 1 N–H and O–H groups in total. The van der Waals surface area contributed by atoms with E-state index in [1.54, 1.807) is 0 Å². The van der Waals surface area contributed by atoms with Crippen LogP contribution in [0.3, 0.4) is 0 Å². The van der Waals surface area contributed by atoms with Crippen LogP contribution in [0.2, 0.25) is 0 Å². The highest BCUT2D eigenvalue weighted by molar-refractivity contribution is 9.10. The minimum Gasteiger partial charge on any atom is -0.381 e. The molecular weight excluding hydrogens is 414 g/mol. The monoisotopic (exact) mass is 439 g/mol. The number of rotatable bonds is 5. The van der Waals surface area contributed by atoms with Gasteiger partial charge in [0.1, 0.15) is 9.84 Å². The number of pyridine rings is 1. The molecule has 5 nitrogen and oxygen atoms in total. The number of hydrogen-bond donors (Lipinski definition) is 1. The quantitative estimate of drug-likeness (QED) is 0.771. The molecule has 3 rings (SSSR count). The van der Waals surface area contributed by atoms with Gasteiger partial charge in [-0.15, -0.1) is 0 Å². The second-order valence-corrected chi connectivity index (χ2v) is 10.4. The lowest BCUT2D eigenvalue weighted by Gasteiger charge is -2.33. The largest absolute Gasteiger partial charge is 0.381 e. The molecule has 0 bridgehead atoms. The van der Waals surface area contributed by atoms with Crippen LogP contribution < -0.4 is 5.32 Å². The molecule has 0 radical (unpaired) electrons. The molecule has 1 fully saturated rings. The topological polar surface area (TPSA) is 62.3 Å². The van der Waals surface area contributed by atoms with Gasteiger partial charge in [-0.3, -0.25) is 4.98 Å². The zero-order chi connectivity index (χ0) is 18.9. The molecule has 1 aromatic carbocycles. The molecule has 2 aromatic rings. The summed E-state index contributed by atoms with van der Waals surface area (Å²) >= 11 is 3.56. The number of halogens is 1. The average Bonchev–Trinajstić information content (AvgIpc) is 2.58. The molecule has 0 atom stereocenters. The minimum absolute atomic E-state index is 0.242. The van der Waals surface area contributed by atoms with Gasteiger partial charge in [0.15, 0.2) is 0 Å². The summed E-state index contributed by atoms with van der Waals surface area (Å²) in [6.45, 7) is 6.66. The number of piperidine rings is 1. The fourth-order valence-corrected chi connectivity index (χ4v) is 4.39. The van der Waals surface area contributed by atoms with Crippen LogP contribution in [-0.4, -0.2) is 56.0 Å². The summed E-state index contributed by atoms with van der Waals surface area (Å²) in [5.41, 5.74) is 4.41. The summed E-state index contributed by atoms with van der Waals surface area (Å²) in [7, 11) is -2.89. The normalized spacial score (nSPS) is 16.9. The Morgan fingerprint density at radius 3 is 2.62 bits per heavy atom. The molecule has 0 saturated carbocycles. The first kappa shape index (κ1) is 19.6. The number of likely N-dealkylation sites (tertiary alicyclic amines) is 1. The van der Waals surface area contributed by atoms with Crippen LogP contribution in [0.5, 0.6) is 0 Å². The maximum absolute atomic E-state index is 11.4. The standard InChI is InChI=1S/C19H26BrN3O2S/c1-13-14(2)21-18-5-4-15(20)12-17(18)19(13)22-16-6-8-23(9-7-16)10-11-26(3,24)25/h4-5,12,16H,6-11H2,1-3H3,(H,21,22). The third-order valence-corrected chi connectivity index (χ3v) is 6.57. The van der Waals surface area contributed by atoms with E-state index in [1.165, 1.54) is 17.5 Å². The molecule has 0 spiro atoms. The van der Waals surface area contributed by atoms with Crippen LogP contribution in [0.4, 0.5) is 5.69 Å².